The Hall–Kier alpha value is -2.43. The van der Waals surface area contributed by atoms with Crippen LogP contribution in [-0.4, -0.2) is 19.1 Å². The van der Waals surface area contributed by atoms with Crippen LogP contribution in [0.5, 0.6) is 5.75 Å². The van der Waals surface area contributed by atoms with Gasteiger partial charge in [0.05, 0.1) is 0 Å². The molecule has 2 atom stereocenters. The Bertz CT molecular complexity index is 881. The molecule has 1 aliphatic rings. The maximum Gasteiger partial charge on any atom is 0.257 e. The van der Waals surface area contributed by atoms with Gasteiger partial charge in [-0.2, -0.15) is 0 Å². The Kier molecular flexibility index (Phi) is 5.22. The number of nitrogens with one attached hydrogen (secondary N) is 1. The molecule has 1 saturated carbocycles. The number of hydrogen-bond acceptors (Lipinski definition) is 2. The number of hydrogen-bond donors (Lipinski definition) is 1. The minimum atomic E-state index is -0.596. The van der Waals surface area contributed by atoms with E-state index in [0.717, 1.165) is 34.9 Å². The molecule has 0 spiro atoms. The quantitative estimate of drug-likeness (QED) is 0.817. The van der Waals surface area contributed by atoms with Crippen LogP contribution < -0.4 is 10.1 Å². The van der Waals surface area contributed by atoms with Gasteiger partial charge in [-0.05, 0) is 61.4 Å². The summed E-state index contributed by atoms with van der Waals surface area (Å²) in [6.45, 7) is 8.12. The highest BCUT2D eigenvalue weighted by molar-refractivity contribution is 5.78. The summed E-state index contributed by atoms with van der Waals surface area (Å²) < 4.78 is 33.1. The molecule has 3 rings (SSSR count). The molecule has 1 fully saturated rings. The molecule has 0 saturated heterocycles. The lowest BCUT2D eigenvalue weighted by atomic mass is 9.92. The first kappa shape index (κ1) is 19.3. The summed E-state index contributed by atoms with van der Waals surface area (Å²) in [5, 5.41) is 2.86. The van der Waals surface area contributed by atoms with Gasteiger partial charge >= 0.3 is 0 Å². The van der Waals surface area contributed by atoms with Crippen molar-refractivity contribution in [3.8, 4) is 5.75 Å². The van der Waals surface area contributed by atoms with Crippen LogP contribution in [-0.2, 0) is 10.2 Å². The minimum absolute atomic E-state index is 0.0957. The molecule has 0 aliphatic heterocycles. The van der Waals surface area contributed by atoms with E-state index >= 15 is 0 Å². The van der Waals surface area contributed by atoms with Gasteiger partial charge in [0.2, 0.25) is 0 Å². The highest BCUT2D eigenvalue weighted by Gasteiger charge is 2.53. The fourth-order valence-corrected chi connectivity index (χ4v) is 3.69. The number of carbonyl (C=O) groups is 1. The Morgan fingerprint density at radius 3 is 2.48 bits per heavy atom. The first-order chi connectivity index (χ1) is 12.7. The van der Waals surface area contributed by atoms with Crippen molar-refractivity contribution in [2.75, 3.05) is 13.2 Å². The predicted octanol–water partition coefficient (Wildman–Crippen LogP) is 4.36. The maximum atomic E-state index is 14.2. The topological polar surface area (TPSA) is 38.3 Å². The van der Waals surface area contributed by atoms with E-state index in [1.54, 1.807) is 0 Å². The molecule has 1 aliphatic carbocycles. The number of benzene rings is 2. The van der Waals surface area contributed by atoms with Crippen molar-refractivity contribution in [2.24, 2.45) is 5.92 Å². The number of carbonyl (C=O) groups excluding carboxylic acids is 1. The predicted molar refractivity (Wildman–Crippen MR) is 101 cm³/mol. The zero-order valence-corrected chi connectivity index (χ0v) is 16.2. The fraction of sp³-hybridized carbons (Fsp3) is 0.409. The number of ether oxygens (including phenoxy) is 1. The Labute approximate surface area is 158 Å². The first-order valence-corrected chi connectivity index (χ1v) is 9.16. The molecule has 3 nitrogen and oxygen atoms in total. The van der Waals surface area contributed by atoms with E-state index in [9.17, 15) is 13.6 Å². The Morgan fingerprint density at radius 2 is 1.85 bits per heavy atom. The van der Waals surface area contributed by atoms with E-state index in [4.69, 9.17) is 4.74 Å². The first-order valence-electron chi connectivity index (χ1n) is 9.16. The van der Waals surface area contributed by atoms with Crippen molar-refractivity contribution in [1.82, 2.24) is 5.32 Å². The van der Waals surface area contributed by atoms with Crippen molar-refractivity contribution < 1.29 is 18.3 Å². The standard InChI is InChI=1S/C22H25F2NO2/c1-13-5-6-14(2)21(16(13)4)27-11-20(26)25-12-22(10-15(22)3)18-8-7-17(23)9-19(18)24/h5-9,15H,10-12H2,1-4H3,(H,25,26). The molecule has 27 heavy (non-hydrogen) atoms. The molecule has 5 heteroatoms. The average Bonchev–Trinajstić information content (AvgIpc) is 3.27. The summed E-state index contributed by atoms with van der Waals surface area (Å²) in [5.74, 6) is -0.461. The van der Waals surface area contributed by atoms with E-state index in [1.807, 2.05) is 39.8 Å². The van der Waals surface area contributed by atoms with Crippen LogP contribution in [0.25, 0.3) is 0 Å². The van der Waals surface area contributed by atoms with Crippen molar-refractivity contribution >= 4 is 5.91 Å². The number of amides is 1. The zero-order valence-electron chi connectivity index (χ0n) is 16.2. The van der Waals surface area contributed by atoms with Crippen LogP contribution in [0.4, 0.5) is 8.78 Å². The fourth-order valence-electron chi connectivity index (χ4n) is 3.69. The third kappa shape index (κ3) is 3.82. The third-order valence-corrected chi connectivity index (χ3v) is 5.74. The van der Waals surface area contributed by atoms with E-state index in [0.29, 0.717) is 12.1 Å². The van der Waals surface area contributed by atoms with Crippen LogP contribution in [0.15, 0.2) is 30.3 Å². The molecule has 2 aromatic carbocycles. The monoisotopic (exact) mass is 373 g/mol. The van der Waals surface area contributed by atoms with Crippen molar-refractivity contribution in [1.29, 1.82) is 0 Å². The van der Waals surface area contributed by atoms with Crippen LogP contribution in [0.1, 0.15) is 35.6 Å². The third-order valence-electron chi connectivity index (χ3n) is 5.74. The normalized spacial score (nSPS) is 21.0. The van der Waals surface area contributed by atoms with Crippen molar-refractivity contribution in [3.63, 3.8) is 0 Å². The van der Waals surface area contributed by atoms with Crippen LogP contribution in [0, 0.1) is 38.3 Å². The smallest absolute Gasteiger partial charge is 0.257 e. The van der Waals surface area contributed by atoms with Gasteiger partial charge in [-0.3, -0.25) is 4.79 Å². The molecule has 1 N–H and O–H groups in total. The summed E-state index contributed by atoms with van der Waals surface area (Å²) >= 11 is 0. The van der Waals surface area contributed by atoms with Gasteiger partial charge in [-0.15, -0.1) is 0 Å². The lowest BCUT2D eigenvalue weighted by Gasteiger charge is -2.19. The van der Waals surface area contributed by atoms with E-state index in [-0.39, 0.29) is 18.4 Å². The maximum absolute atomic E-state index is 14.2. The van der Waals surface area contributed by atoms with E-state index in [1.165, 1.54) is 12.1 Å². The van der Waals surface area contributed by atoms with Crippen LogP contribution in [0.3, 0.4) is 0 Å². The number of halogens is 2. The number of aryl methyl sites for hydroxylation is 2. The largest absolute Gasteiger partial charge is 0.483 e. The summed E-state index contributed by atoms with van der Waals surface area (Å²) in [4.78, 5) is 12.3. The Morgan fingerprint density at radius 1 is 1.19 bits per heavy atom. The summed E-state index contributed by atoms with van der Waals surface area (Å²) in [7, 11) is 0. The summed E-state index contributed by atoms with van der Waals surface area (Å²) in [5.41, 5.74) is 3.09. The van der Waals surface area contributed by atoms with E-state index < -0.39 is 17.0 Å². The minimum Gasteiger partial charge on any atom is -0.483 e. The van der Waals surface area contributed by atoms with Crippen LogP contribution in [0.2, 0.25) is 0 Å². The molecule has 2 unspecified atom stereocenters. The van der Waals surface area contributed by atoms with Gasteiger partial charge in [0.1, 0.15) is 17.4 Å². The van der Waals surface area contributed by atoms with Gasteiger partial charge in [0.25, 0.3) is 5.91 Å². The van der Waals surface area contributed by atoms with Gasteiger partial charge < -0.3 is 10.1 Å². The molecular weight excluding hydrogens is 348 g/mol. The molecular formula is C22H25F2NO2. The van der Waals surface area contributed by atoms with Gasteiger partial charge in [-0.25, -0.2) is 8.78 Å². The SMILES string of the molecule is Cc1ccc(C)c(OCC(=O)NCC2(c3ccc(F)cc3F)CC2C)c1C. The van der Waals surface area contributed by atoms with Gasteiger partial charge in [-0.1, -0.05) is 25.1 Å². The van der Waals surface area contributed by atoms with Gasteiger partial charge in [0, 0.05) is 18.0 Å². The highest BCUT2D eigenvalue weighted by Crippen LogP contribution is 2.54. The van der Waals surface area contributed by atoms with Crippen molar-refractivity contribution in [2.45, 2.75) is 39.5 Å². The molecule has 1 amide bonds. The van der Waals surface area contributed by atoms with E-state index in [2.05, 4.69) is 5.32 Å². The average molecular weight is 373 g/mol. The second-order valence-electron chi connectivity index (χ2n) is 7.60. The molecule has 0 radical (unpaired) electrons. The molecule has 144 valence electrons. The number of rotatable bonds is 6. The van der Waals surface area contributed by atoms with Crippen molar-refractivity contribution in [3.05, 3.63) is 64.2 Å². The molecule has 0 bridgehead atoms. The Balaban J connectivity index is 1.63. The summed E-state index contributed by atoms with van der Waals surface area (Å²) in [6, 6.07) is 7.63. The lowest BCUT2D eigenvalue weighted by Crippen LogP contribution is -2.36. The lowest BCUT2D eigenvalue weighted by molar-refractivity contribution is -0.123. The second kappa shape index (κ2) is 7.29. The molecule has 0 aromatic heterocycles. The second-order valence-corrected chi connectivity index (χ2v) is 7.60. The highest BCUT2D eigenvalue weighted by atomic mass is 19.1. The zero-order chi connectivity index (χ0) is 19.8. The molecule has 2 aromatic rings. The van der Waals surface area contributed by atoms with Gasteiger partial charge in [0.15, 0.2) is 6.61 Å². The summed E-state index contributed by atoms with van der Waals surface area (Å²) in [6.07, 6.45) is 0.757. The molecule has 0 heterocycles. The van der Waals surface area contributed by atoms with Crippen LogP contribution >= 0.6 is 0 Å².